The number of aliphatic hydroxyl groups is 1. The average Bonchev–Trinajstić information content (AvgIpc) is 2.50. The van der Waals surface area contributed by atoms with Gasteiger partial charge in [-0.3, -0.25) is 4.98 Å². The number of nitriles is 1. The van der Waals surface area contributed by atoms with Crippen molar-refractivity contribution < 1.29 is 5.11 Å². The summed E-state index contributed by atoms with van der Waals surface area (Å²) in [4.78, 5) is 4.27. The molecule has 1 heterocycles. The van der Waals surface area contributed by atoms with Gasteiger partial charge < -0.3 is 10.4 Å². The molecule has 1 aromatic carbocycles. The summed E-state index contributed by atoms with van der Waals surface area (Å²) >= 11 is 6.04. The number of pyridine rings is 1. The summed E-state index contributed by atoms with van der Waals surface area (Å²) in [6.07, 6.45) is 5.50. The number of rotatable bonds is 7. The monoisotopic (exact) mass is 303 g/mol. The van der Waals surface area contributed by atoms with Crippen LogP contribution >= 0.6 is 11.6 Å². The second kappa shape index (κ2) is 7.82. The van der Waals surface area contributed by atoms with Gasteiger partial charge in [-0.1, -0.05) is 24.4 Å². The number of halogens is 1. The number of aromatic nitrogens is 1. The molecule has 0 spiro atoms. The Morgan fingerprint density at radius 1 is 1.24 bits per heavy atom. The molecular formula is C16H18ClN3O. The van der Waals surface area contributed by atoms with Crippen molar-refractivity contribution in [3.63, 3.8) is 0 Å². The molecule has 0 saturated carbocycles. The van der Waals surface area contributed by atoms with E-state index in [-0.39, 0.29) is 6.61 Å². The lowest BCUT2D eigenvalue weighted by Gasteiger charge is -2.11. The van der Waals surface area contributed by atoms with Crippen LogP contribution in [0.15, 0.2) is 24.4 Å². The molecule has 4 nitrogen and oxygen atoms in total. The molecule has 5 heteroatoms. The van der Waals surface area contributed by atoms with Crippen LogP contribution in [0.25, 0.3) is 10.9 Å². The minimum Gasteiger partial charge on any atom is -0.396 e. The third-order valence-electron chi connectivity index (χ3n) is 3.34. The molecule has 0 atom stereocenters. The third kappa shape index (κ3) is 4.07. The zero-order valence-corrected chi connectivity index (χ0v) is 12.5. The van der Waals surface area contributed by atoms with Crippen molar-refractivity contribution in [3.8, 4) is 6.07 Å². The topological polar surface area (TPSA) is 68.9 Å². The lowest BCUT2D eigenvalue weighted by atomic mass is 10.1. The Bertz CT molecular complexity index is 652. The highest BCUT2D eigenvalue weighted by Gasteiger charge is 2.08. The standard InChI is InChI=1S/C16H18ClN3O/c17-13-5-6-15-14(9-13)16(12(10-18)11-20-15)19-7-3-1-2-4-8-21/h5-6,9,11,21H,1-4,7-8H2,(H,19,20). The van der Waals surface area contributed by atoms with Crippen LogP contribution in [0.3, 0.4) is 0 Å². The molecule has 0 unspecified atom stereocenters. The van der Waals surface area contributed by atoms with Crippen molar-refractivity contribution in [2.45, 2.75) is 25.7 Å². The summed E-state index contributed by atoms with van der Waals surface area (Å²) in [5.41, 5.74) is 2.15. The van der Waals surface area contributed by atoms with E-state index in [0.29, 0.717) is 10.6 Å². The highest BCUT2D eigenvalue weighted by atomic mass is 35.5. The Morgan fingerprint density at radius 3 is 2.81 bits per heavy atom. The van der Waals surface area contributed by atoms with E-state index in [1.54, 1.807) is 12.3 Å². The van der Waals surface area contributed by atoms with Crippen molar-refractivity contribution in [3.05, 3.63) is 35.0 Å². The van der Waals surface area contributed by atoms with E-state index in [9.17, 15) is 5.26 Å². The maximum Gasteiger partial charge on any atom is 0.103 e. The van der Waals surface area contributed by atoms with Gasteiger partial charge in [0.25, 0.3) is 0 Å². The number of unbranched alkanes of at least 4 members (excludes halogenated alkanes) is 3. The first kappa shape index (κ1) is 15.6. The van der Waals surface area contributed by atoms with Crippen LogP contribution in [0.2, 0.25) is 5.02 Å². The normalized spacial score (nSPS) is 10.5. The molecule has 2 N–H and O–H groups in total. The summed E-state index contributed by atoms with van der Waals surface area (Å²) in [5, 5.41) is 22.8. The molecule has 0 saturated heterocycles. The van der Waals surface area contributed by atoms with Crippen molar-refractivity contribution >= 4 is 28.2 Å². The second-order valence-corrected chi connectivity index (χ2v) is 5.32. The van der Waals surface area contributed by atoms with Gasteiger partial charge >= 0.3 is 0 Å². The van der Waals surface area contributed by atoms with Gasteiger partial charge in [-0.2, -0.15) is 5.26 Å². The molecule has 0 aliphatic carbocycles. The van der Waals surface area contributed by atoms with Gasteiger partial charge in [-0.25, -0.2) is 0 Å². The first-order valence-corrected chi connectivity index (χ1v) is 7.47. The number of nitrogens with zero attached hydrogens (tertiary/aromatic N) is 2. The average molecular weight is 304 g/mol. The SMILES string of the molecule is N#Cc1cnc2ccc(Cl)cc2c1NCCCCCCO. The van der Waals surface area contributed by atoms with Crippen molar-refractivity contribution in [1.82, 2.24) is 4.98 Å². The highest BCUT2D eigenvalue weighted by molar-refractivity contribution is 6.31. The molecule has 2 aromatic rings. The van der Waals surface area contributed by atoms with Crippen LogP contribution < -0.4 is 5.32 Å². The first-order valence-electron chi connectivity index (χ1n) is 7.09. The third-order valence-corrected chi connectivity index (χ3v) is 3.57. The Labute approximate surface area is 129 Å². The van der Waals surface area contributed by atoms with E-state index in [2.05, 4.69) is 16.4 Å². The van der Waals surface area contributed by atoms with Crippen LogP contribution in [-0.2, 0) is 0 Å². The van der Waals surface area contributed by atoms with E-state index in [0.717, 1.165) is 48.8 Å². The maximum absolute atomic E-state index is 9.23. The lowest BCUT2D eigenvalue weighted by Crippen LogP contribution is -2.04. The first-order chi connectivity index (χ1) is 10.3. The molecule has 0 fully saturated rings. The van der Waals surface area contributed by atoms with Crippen LogP contribution in [0.1, 0.15) is 31.2 Å². The molecule has 1 aromatic heterocycles. The number of nitrogens with one attached hydrogen (secondary N) is 1. The molecule has 2 rings (SSSR count). The van der Waals surface area contributed by atoms with E-state index >= 15 is 0 Å². The van der Waals surface area contributed by atoms with Gasteiger partial charge in [0.05, 0.1) is 16.8 Å². The van der Waals surface area contributed by atoms with Crippen LogP contribution in [0.4, 0.5) is 5.69 Å². The second-order valence-electron chi connectivity index (χ2n) is 4.88. The summed E-state index contributed by atoms with van der Waals surface area (Å²) in [6.45, 7) is 1.03. The smallest absolute Gasteiger partial charge is 0.103 e. The number of hydrogen-bond acceptors (Lipinski definition) is 4. The lowest BCUT2D eigenvalue weighted by molar-refractivity contribution is 0.283. The number of fused-ring (bicyclic) bond motifs is 1. The molecule has 0 aliphatic heterocycles. The Morgan fingerprint density at radius 2 is 2.05 bits per heavy atom. The minimum atomic E-state index is 0.250. The van der Waals surface area contributed by atoms with Crippen molar-refractivity contribution in [2.75, 3.05) is 18.5 Å². The van der Waals surface area contributed by atoms with Gasteiger partial charge in [0.15, 0.2) is 0 Å². The Hall–Kier alpha value is -1.83. The van der Waals surface area contributed by atoms with Crippen LogP contribution in [0.5, 0.6) is 0 Å². The molecule has 0 amide bonds. The number of anilines is 1. The fraction of sp³-hybridized carbons (Fsp3) is 0.375. The van der Waals surface area contributed by atoms with Gasteiger partial charge in [0.1, 0.15) is 6.07 Å². The molecule has 110 valence electrons. The van der Waals surface area contributed by atoms with Gasteiger partial charge in [-0.15, -0.1) is 0 Å². The quantitative estimate of drug-likeness (QED) is 0.765. The van der Waals surface area contributed by atoms with Gasteiger partial charge in [-0.05, 0) is 31.0 Å². The molecule has 0 radical (unpaired) electrons. The fourth-order valence-electron chi connectivity index (χ4n) is 2.24. The summed E-state index contributed by atoms with van der Waals surface area (Å²) in [6, 6.07) is 7.65. The van der Waals surface area contributed by atoms with Crippen LogP contribution in [-0.4, -0.2) is 23.2 Å². The van der Waals surface area contributed by atoms with E-state index in [1.807, 2.05) is 12.1 Å². The van der Waals surface area contributed by atoms with E-state index in [4.69, 9.17) is 16.7 Å². The zero-order chi connectivity index (χ0) is 15.1. The highest BCUT2D eigenvalue weighted by Crippen LogP contribution is 2.28. The molecular weight excluding hydrogens is 286 g/mol. The summed E-state index contributed by atoms with van der Waals surface area (Å²) in [5.74, 6) is 0. The zero-order valence-electron chi connectivity index (χ0n) is 11.8. The van der Waals surface area contributed by atoms with E-state index in [1.165, 1.54) is 0 Å². The minimum absolute atomic E-state index is 0.250. The molecule has 0 aliphatic rings. The largest absolute Gasteiger partial charge is 0.396 e. The van der Waals surface area contributed by atoms with Gasteiger partial charge in [0, 0.05) is 29.8 Å². The molecule has 21 heavy (non-hydrogen) atoms. The number of hydrogen-bond donors (Lipinski definition) is 2. The van der Waals surface area contributed by atoms with E-state index < -0.39 is 0 Å². The number of aliphatic hydroxyl groups excluding tert-OH is 1. The fourth-order valence-corrected chi connectivity index (χ4v) is 2.42. The predicted octanol–water partition coefficient (Wildman–Crippen LogP) is 3.72. The van der Waals surface area contributed by atoms with Crippen molar-refractivity contribution in [1.29, 1.82) is 5.26 Å². The number of benzene rings is 1. The van der Waals surface area contributed by atoms with Crippen molar-refractivity contribution in [2.24, 2.45) is 0 Å². The predicted molar refractivity (Wildman–Crippen MR) is 85.5 cm³/mol. The summed E-state index contributed by atoms with van der Waals surface area (Å²) in [7, 11) is 0. The Balaban J connectivity index is 2.13. The molecule has 0 bridgehead atoms. The van der Waals surface area contributed by atoms with Crippen LogP contribution in [0, 0.1) is 11.3 Å². The summed E-state index contributed by atoms with van der Waals surface area (Å²) < 4.78 is 0. The van der Waals surface area contributed by atoms with Gasteiger partial charge in [0.2, 0.25) is 0 Å². The Kier molecular flexibility index (Phi) is 5.79. The maximum atomic E-state index is 9.23.